The lowest BCUT2D eigenvalue weighted by Crippen LogP contribution is -2.22. The molecule has 0 radical (unpaired) electrons. The average Bonchev–Trinajstić information content (AvgIpc) is 2.92. The fourth-order valence-electron chi connectivity index (χ4n) is 2.39. The number of carbonyl (C=O) groups excluding carboxylic acids is 1. The number of esters is 1. The Labute approximate surface area is 84.8 Å². The number of hydrogen-bond acceptors (Lipinski definition) is 3. The van der Waals surface area contributed by atoms with Gasteiger partial charge in [0.2, 0.25) is 0 Å². The van der Waals surface area contributed by atoms with Gasteiger partial charge in [-0.1, -0.05) is 25.7 Å². The summed E-state index contributed by atoms with van der Waals surface area (Å²) < 4.78 is 10.5. The van der Waals surface area contributed by atoms with Crippen LogP contribution in [0.5, 0.6) is 0 Å². The van der Waals surface area contributed by atoms with Crippen LogP contribution in [0.1, 0.15) is 45.4 Å². The number of ether oxygens (including phenoxy) is 2. The van der Waals surface area contributed by atoms with Gasteiger partial charge in [0.25, 0.3) is 0 Å². The lowest BCUT2D eigenvalue weighted by Gasteiger charge is -2.07. The monoisotopic (exact) mass is 198 g/mol. The Morgan fingerprint density at radius 2 is 2.00 bits per heavy atom. The summed E-state index contributed by atoms with van der Waals surface area (Å²) in [5.74, 6) is -0.158. The van der Waals surface area contributed by atoms with E-state index in [1.165, 1.54) is 25.7 Å². The Bertz CT molecular complexity index is 217. The summed E-state index contributed by atoms with van der Waals surface area (Å²) in [6, 6.07) is 0. The van der Waals surface area contributed by atoms with Crippen molar-refractivity contribution in [3.05, 3.63) is 0 Å². The van der Waals surface area contributed by atoms with Crippen molar-refractivity contribution in [1.82, 2.24) is 0 Å². The molecule has 0 aromatic rings. The number of rotatable bonds is 2. The van der Waals surface area contributed by atoms with Crippen LogP contribution < -0.4 is 0 Å². The van der Waals surface area contributed by atoms with E-state index in [1.807, 2.05) is 6.92 Å². The third-order valence-electron chi connectivity index (χ3n) is 3.22. The van der Waals surface area contributed by atoms with E-state index in [0.29, 0.717) is 6.61 Å². The zero-order chi connectivity index (χ0) is 10.0. The van der Waals surface area contributed by atoms with E-state index in [0.717, 1.165) is 12.8 Å². The highest BCUT2D eigenvalue weighted by Crippen LogP contribution is 2.47. The summed E-state index contributed by atoms with van der Waals surface area (Å²) in [7, 11) is 0. The van der Waals surface area contributed by atoms with E-state index in [-0.39, 0.29) is 17.7 Å². The summed E-state index contributed by atoms with van der Waals surface area (Å²) in [6.07, 6.45) is 6.76. The van der Waals surface area contributed by atoms with Gasteiger partial charge in [-0.15, -0.1) is 0 Å². The van der Waals surface area contributed by atoms with Gasteiger partial charge in [0, 0.05) is 0 Å². The van der Waals surface area contributed by atoms with Crippen LogP contribution in [0, 0.1) is 0 Å². The first kappa shape index (κ1) is 9.97. The second-order valence-electron chi connectivity index (χ2n) is 4.23. The smallest absolute Gasteiger partial charge is 0.338 e. The largest absolute Gasteiger partial charge is 0.464 e. The maximum absolute atomic E-state index is 11.4. The quantitative estimate of drug-likeness (QED) is 0.503. The number of hydrogen-bond donors (Lipinski definition) is 0. The highest BCUT2D eigenvalue weighted by molar-refractivity contribution is 5.79. The Kier molecular flexibility index (Phi) is 2.77. The van der Waals surface area contributed by atoms with E-state index >= 15 is 0 Å². The molecule has 1 aliphatic heterocycles. The van der Waals surface area contributed by atoms with Crippen LogP contribution in [-0.4, -0.2) is 24.3 Å². The van der Waals surface area contributed by atoms with Gasteiger partial charge >= 0.3 is 5.97 Å². The summed E-state index contributed by atoms with van der Waals surface area (Å²) in [5, 5.41) is 0. The topological polar surface area (TPSA) is 38.8 Å². The van der Waals surface area contributed by atoms with Crippen molar-refractivity contribution in [2.24, 2.45) is 0 Å². The van der Waals surface area contributed by atoms with E-state index in [9.17, 15) is 4.79 Å². The third-order valence-corrected chi connectivity index (χ3v) is 3.22. The van der Waals surface area contributed by atoms with Crippen molar-refractivity contribution in [2.75, 3.05) is 6.61 Å². The normalized spacial score (nSPS) is 29.6. The molecule has 0 aromatic heterocycles. The molecule has 2 fully saturated rings. The SMILES string of the molecule is CCOC(=O)[C@H]1OC12CCCCCC2. The first-order chi connectivity index (χ1) is 6.78. The molecule has 1 saturated carbocycles. The van der Waals surface area contributed by atoms with Crippen LogP contribution in [0.2, 0.25) is 0 Å². The molecule has 0 unspecified atom stereocenters. The maximum Gasteiger partial charge on any atom is 0.338 e. The van der Waals surface area contributed by atoms with E-state index in [2.05, 4.69) is 0 Å². The molecule has 1 heterocycles. The Balaban J connectivity index is 1.90. The second-order valence-corrected chi connectivity index (χ2v) is 4.23. The predicted molar refractivity (Wildman–Crippen MR) is 51.9 cm³/mol. The van der Waals surface area contributed by atoms with Crippen molar-refractivity contribution >= 4 is 5.97 Å². The summed E-state index contributed by atoms with van der Waals surface area (Å²) >= 11 is 0. The molecule has 1 atom stereocenters. The van der Waals surface area contributed by atoms with Crippen LogP contribution in [0.4, 0.5) is 0 Å². The van der Waals surface area contributed by atoms with Gasteiger partial charge in [0.15, 0.2) is 6.10 Å². The Hall–Kier alpha value is -0.570. The predicted octanol–water partition coefficient (Wildman–Crippen LogP) is 2.04. The van der Waals surface area contributed by atoms with E-state index < -0.39 is 0 Å². The molecule has 14 heavy (non-hydrogen) atoms. The molecule has 2 rings (SSSR count). The molecule has 3 nitrogen and oxygen atoms in total. The fraction of sp³-hybridized carbons (Fsp3) is 0.909. The first-order valence-corrected chi connectivity index (χ1v) is 5.63. The molecule has 0 bridgehead atoms. The number of epoxide rings is 1. The molecule has 1 spiro atoms. The summed E-state index contributed by atoms with van der Waals surface area (Å²) in [6.45, 7) is 2.29. The average molecular weight is 198 g/mol. The summed E-state index contributed by atoms with van der Waals surface area (Å²) in [5.41, 5.74) is -0.122. The fourth-order valence-corrected chi connectivity index (χ4v) is 2.39. The van der Waals surface area contributed by atoms with Crippen molar-refractivity contribution in [3.63, 3.8) is 0 Å². The van der Waals surface area contributed by atoms with Gasteiger partial charge in [0.05, 0.1) is 6.61 Å². The molecule has 0 N–H and O–H groups in total. The van der Waals surface area contributed by atoms with Gasteiger partial charge in [-0.25, -0.2) is 4.79 Å². The van der Waals surface area contributed by atoms with Crippen molar-refractivity contribution < 1.29 is 14.3 Å². The van der Waals surface area contributed by atoms with Crippen LogP contribution in [0.15, 0.2) is 0 Å². The van der Waals surface area contributed by atoms with Gasteiger partial charge in [-0.3, -0.25) is 0 Å². The summed E-state index contributed by atoms with van der Waals surface area (Å²) in [4.78, 5) is 11.4. The zero-order valence-corrected chi connectivity index (χ0v) is 8.75. The zero-order valence-electron chi connectivity index (χ0n) is 8.75. The molecule has 1 aliphatic carbocycles. The van der Waals surface area contributed by atoms with E-state index in [1.54, 1.807) is 0 Å². The second kappa shape index (κ2) is 3.89. The molecule has 0 amide bonds. The van der Waals surface area contributed by atoms with Crippen LogP contribution in [0.25, 0.3) is 0 Å². The molecular weight excluding hydrogens is 180 g/mol. The highest BCUT2D eigenvalue weighted by atomic mass is 16.7. The highest BCUT2D eigenvalue weighted by Gasteiger charge is 2.60. The number of carbonyl (C=O) groups is 1. The minimum atomic E-state index is -0.249. The van der Waals surface area contributed by atoms with Crippen molar-refractivity contribution in [2.45, 2.75) is 57.2 Å². The van der Waals surface area contributed by atoms with Crippen molar-refractivity contribution in [3.8, 4) is 0 Å². The van der Waals surface area contributed by atoms with Gasteiger partial charge < -0.3 is 9.47 Å². The molecule has 1 saturated heterocycles. The molecular formula is C11H18O3. The molecule has 2 aliphatic rings. The minimum Gasteiger partial charge on any atom is -0.464 e. The van der Waals surface area contributed by atoms with Gasteiger partial charge in [0.1, 0.15) is 5.60 Å². The van der Waals surface area contributed by atoms with Gasteiger partial charge in [-0.05, 0) is 19.8 Å². The van der Waals surface area contributed by atoms with Crippen LogP contribution in [0.3, 0.4) is 0 Å². The lowest BCUT2D eigenvalue weighted by atomic mass is 9.96. The van der Waals surface area contributed by atoms with Crippen LogP contribution in [-0.2, 0) is 14.3 Å². The Morgan fingerprint density at radius 3 is 2.57 bits per heavy atom. The minimum absolute atomic E-state index is 0.122. The molecule has 3 heteroatoms. The lowest BCUT2D eigenvalue weighted by molar-refractivity contribution is -0.144. The van der Waals surface area contributed by atoms with Crippen LogP contribution >= 0.6 is 0 Å². The Morgan fingerprint density at radius 1 is 1.36 bits per heavy atom. The standard InChI is InChI=1S/C11H18O3/c1-2-13-10(12)9-11(14-9)7-5-3-4-6-8-11/h9H,2-8H2,1H3/t9-/m1/s1. The molecule has 80 valence electrons. The molecule has 0 aromatic carbocycles. The maximum atomic E-state index is 11.4. The van der Waals surface area contributed by atoms with E-state index in [4.69, 9.17) is 9.47 Å². The van der Waals surface area contributed by atoms with Gasteiger partial charge in [-0.2, -0.15) is 0 Å². The first-order valence-electron chi connectivity index (χ1n) is 5.63. The third kappa shape index (κ3) is 1.78. The van der Waals surface area contributed by atoms with Crippen molar-refractivity contribution in [1.29, 1.82) is 0 Å².